The zero-order valence-corrected chi connectivity index (χ0v) is 10.8. The van der Waals surface area contributed by atoms with Gasteiger partial charge in [-0.05, 0) is 6.92 Å². The Hall–Kier alpha value is -1.89. The first-order valence-corrected chi connectivity index (χ1v) is 5.50. The van der Waals surface area contributed by atoms with Crippen LogP contribution in [0.1, 0.15) is 19.2 Å². The van der Waals surface area contributed by atoms with E-state index in [1.54, 1.807) is 26.0 Å². The quantitative estimate of drug-likeness (QED) is 0.552. The second-order valence-corrected chi connectivity index (χ2v) is 4.33. The number of ether oxygens (including phenoxy) is 1. The topological polar surface area (TPSA) is 102 Å². The molecule has 0 aromatic carbocycles. The lowest BCUT2D eigenvalue weighted by atomic mass is 9.99. The molecule has 3 N–H and O–H groups in total. The van der Waals surface area contributed by atoms with E-state index in [9.17, 15) is 9.59 Å². The zero-order chi connectivity index (χ0) is 13.8. The number of aromatic nitrogens is 2. The first-order valence-electron chi connectivity index (χ1n) is 5.50. The number of methoxy groups -OCH3 is 1. The van der Waals surface area contributed by atoms with E-state index in [0.717, 1.165) is 0 Å². The Kier molecular flexibility index (Phi) is 4.43. The predicted octanol–water partition coefficient (Wildman–Crippen LogP) is -0.735. The van der Waals surface area contributed by atoms with Gasteiger partial charge in [-0.25, -0.2) is 9.59 Å². The fraction of sp³-hybridized carbons (Fsp3) is 0.545. The maximum atomic E-state index is 11.4. The van der Waals surface area contributed by atoms with Crippen LogP contribution >= 0.6 is 0 Å². The molecular weight excluding hydrogens is 238 g/mol. The van der Waals surface area contributed by atoms with E-state index in [4.69, 9.17) is 0 Å². The molecule has 1 aromatic rings. The van der Waals surface area contributed by atoms with Crippen LogP contribution in [0.25, 0.3) is 0 Å². The van der Waals surface area contributed by atoms with Gasteiger partial charge in [0.1, 0.15) is 0 Å². The molecule has 1 aromatic heterocycles. The smallest absolute Gasteiger partial charge is 0.441 e. The van der Waals surface area contributed by atoms with E-state index < -0.39 is 11.3 Å². The number of esters is 1. The molecule has 0 bridgehead atoms. The predicted molar refractivity (Wildman–Crippen MR) is 62.6 cm³/mol. The van der Waals surface area contributed by atoms with Crippen molar-refractivity contribution in [2.75, 3.05) is 7.11 Å². The summed E-state index contributed by atoms with van der Waals surface area (Å²) in [7, 11) is 1.33. The number of nitrogens with zero attached hydrogens (tertiary/aromatic N) is 2. The lowest BCUT2D eigenvalue weighted by Gasteiger charge is -2.15. The summed E-state index contributed by atoms with van der Waals surface area (Å²) in [5.41, 5.74) is 2.97. The van der Waals surface area contributed by atoms with Gasteiger partial charge in [0.2, 0.25) is 0 Å². The van der Waals surface area contributed by atoms with Crippen LogP contribution in [-0.2, 0) is 16.1 Å². The normalized spacial score (nSPS) is 14.7. The molecule has 0 spiro atoms. The summed E-state index contributed by atoms with van der Waals surface area (Å²) < 4.78 is 10.5. The minimum Gasteiger partial charge on any atom is -0.464 e. The van der Waals surface area contributed by atoms with Crippen LogP contribution in [0.2, 0.25) is 0 Å². The van der Waals surface area contributed by atoms with Crippen LogP contribution in [0, 0.1) is 6.92 Å². The number of carbonyl (C=O) groups excluding carboxylic acids is 1. The van der Waals surface area contributed by atoms with Gasteiger partial charge in [0.25, 0.3) is 0 Å². The summed E-state index contributed by atoms with van der Waals surface area (Å²) in [6.07, 6.45) is 3.97. The average molecular weight is 256 g/mol. The molecule has 0 aliphatic rings. The average Bonchev–Trinajstić information content (AvgIpc) is 2.64. The lowest BCUT2D eigenvalue weighted by Crippen LogP contribution is -2.75. The Morgan fingerprint density at radius 3 is 2.78 bits per heavy atom. The second-order valence-electron chi connectivity index (χ2n) is 4.33. The van der Waals surface area contributed by atoms with Crippen LogP contribution < -0.4 is 11.5 Å². The molecule has 100 valence electrons. The number of hydrogen-bond acceptors (Lipinski definition) is 5. The molecule has 0 amide bonds. The van der Waals surface area contributed by atoms with Crippen molar-refractivity contribution in [3.8, 4) is 0 Å². The molecule has 0 fully saturated rings. The van der Waals surface area contributed by atoms with Gasteiger partial charge in [-0.1, -0.05) is 17.3 Å². The number of carbonyl (C=O) groups is 1. The molecular formula is C11H18N3O4+. The molecule has 18 heavy (non-hydrogen) atoms. The van der Waals surface area contributed by atoms with Gasteiger partial charge in [-0.3, -0.25) is 9.09 Å². The van der Waals surface area contributed by atoms with E-state index in [2.05, 4.69) is 20.2 Å². The van der Waals surface area contributed by atoms with Crippen LogP contribution in [0.4, 0.5) is 0 Å². The summed E-state index contributed by atoms with van der Waals surface area (Å²) in [4.78, 5) is 22.6. The van der Waals surface area contributed by atoms with Gasteiger partial charge in [0.15, 0.2) is 11.4 Å². The minimum absolute atomic E-state index is 0.353. The monoisotopic (exact) mass is 256 g/mol. The van der Waals surface area contributed by atoms with Crippen molar-refractivity contribution in [3.63, 3.8) is 0 Å². The van der Waals surface area contributed by atoms with Crippen molar-refractivity contribution in [3.05, 3.63) is 28.5 Å². The molecule has 0 saturated heterocycles. The van der Waals surface area contributed by atoms with Crippen LogP contribution in [0.15, 0.2) is 21.5 Å². The van der Waals surface area contributed by atoms with Gasteiger partial charge < -0.3 is 10.5 Å². The Morgan fingerprint density at radius 2 is 2.28 bits per heavy atom. The molecule has 7 heteroatoms. The summed E-state index contributed by atoms with van der Waals surface area (Å²) in [5.74, 6) is -0.358. The number of allylic oxidation sites excluding steroid dienone is 1. The van der Waals surface area contributed by atoms with Gasteiger partial charge in [0, 0.05) is 19.9 Å². The SMILES string of the molecule is COC(=O)C(C)([NH3+])C/C=C/Cn1c(C)noc1=O. The van der Waals surface area contributed by atoms with Gasteiger partial charge in [-0.2, -0.15) is 0 Å². The highest BCUT2D eigenvalue weighted by atomic mass is 16.5. The molecule has 0 aliphatic heterocycles. The third kappa shape index (κ3) is 3.30. The van der Waals surface area contributed by atoms with Crippen LogP contribution in [0.5, 0.6) is 0 Å². The van der Waals surface area contributed by atoms with Crippen molar-refractivity contribution in [2.24, 2.45) is 0 Å². The van der Waals surface area contributed by atoms with Crippen LogP contribution in [-0.4, -0.2) is 28.3 Å². The van der Waals surface area contributed by atoms with Crippen LogP contribution in [0.3, 0.4) is 0 Å². The van der Waals surface area contributed by atoms with Crippen molar-refractivity contribution in [2.45, 2.75) is 32.4 Å². The van der Waals surface area contributed by atoms with E-state index >= 15 is 0 Å². The number of aryl methyl sites for hydroxylation is 1. The third-order valence-corrected chi connectivity index (χ3v) is 2.57. The second kappa shape index (κ2) is 5.63. The Bertz CT molecular complexity index is 499. The molecule has 0 radical (unpaired) electrons. The first kappa shape index (κ1) is 14.2. The van der Waals surface area contributed by atoms with E-state index in [0.29, 0.717) is 18.8 Å². The molecule has 1 rings (SSSR count). The summed E-state index contributed by atoms with van der Waals surface area (Å²) in [5, 5.41) is 3.54. The van der Waals surface area contributed by atoms with Crippen molar-refractivity contribution < 1.29 is 19.8 Å². The summed E-state index contributed by atoms with van der Waals surface area (Å²) in [6.45, 7) is 3.73. The van der Waals surface area contributed by atoms with Crippen molar-refractivity contribution >= 4 is 5.97 Å². The highest BCUT2D eigenvalue weighted by Crippen LogP contribution is 2.06. The number of hydrogen-bond donors (Lipinski definition) is 1. The van der Waals surface area contributed by atoms with Gasteiger partial charge >= 0.3 is 11.7 Å². The Balaban J connectivity index is 2.58. The maximum Gasteiger partial charge on any atom is 0.441 e. The molecule has 1 atom stereocenters. The molecule has 0 saturated carbocycles. The van der Waals surface area contributed by atoms with Gasteiger partial charge in [0.05, 0.1) is 7.11 Å². The molecule has 1 heterocycles. The highest BCUT2D eigenvalue weighted by molar-refractivity contribution is 5.78. The fourth-order valence-electron chi connectivity index (χ4n) is 1.40. The first-order chi connectivity index (χ1) is 8.38. The van der Waals surface area contributed by atoms with Crippen molar-refractivity contribution in [1.29, 1.82) is 0 Å². The van der Waals surface area contributed by atoms with E-state index in [1.165, 1.54) is 11.7 Å². The lowest BCUT2D eigenvalue weighted by molar-refractivity contribution is -0.455. The van der Waals surface area contributed by atoms with Gasteiger partial charge in [-0.15, -0.1) is 0 Å². The summed E-state index contributed by atoms with van der Waals surface area (Å²) in [6, 6.07) is 0. The summed E-state index contributed by atoms with van der Waals surface area (Å²) >= 11 is 0. The highest BCUT2D eigenvalue weighted by Gasteiger charge is 2.32. The van der Waals surface area contributed by atoms with Crippen molar-refractivity contribution in [1.82, 2.24) is 9.72 Å². The third-order valence-electron chi connectivity index (χ3n) is 2.57. The maximum absolute atomic E-state index is 11.4. The minimum atomic E-state index is -0.820. The molecule has 0 aliphatic carbocycles. The fourth-order valence-corrected chi connectivity index (χ4v) is 1.40. The molecule has 7 nitrogen and oxygen atoms in total. The molecule has 1 unspecified atom stereocenters. The Morgan fingerprint density at radius 1 is 1.61 bits per heavy atom. The van der Waals surface area contributed by atoms with E-state index in [-0.39, 0.29) is 5.97 Å². The Labute approximate surface area is 104 Å². The van der Waals surface area contributed by atoms with E-state index in [1.807, 2.05) is 0 Å². The largest absolute Gasteiger partial charge is 0.464 e. The number of quaternary nitrogens is 1. The number of rotatable bonds is 5. The zero-order valence-electron chi connectivity index (χ0n) is 10.8. The standard InChI is InChI=1S/C11H17N3O4/c1-8-13-18-10(16)14(8)7-5-4-6-11(2,12)9(15)17-3/h4-5H,6-7,12H2,1-3H3/p+1/b5-4+.